The summed E-state index contributed by atoms with van der Waals surface area (Å²) in [7, 11) is 0. The van der Waals surface area contributed by atoms with Crippen molar-refractivity contribution in [2.45, 2.75) is 19.8 Å². The van der Waals surface area contributed by atoms with Crippen LogP contribution in [0.1, 0.15) is 19.8 Å². The Morgan fingerprint density at radius 1 is 1.33 bits per heavy atom. The topological polar surface area (TPSA) is 54.4 Å². The van der Waals surface area contributed by atoms with E-state index in [2.05, 4.69) is 0 Å². The number of ketones is 2. The third kappa shape index (κ3) is 5.17. The molecule has 0 fully saturated rings. The number of carbonyl (C=O) groups is 2. The predicted octanol–water partition coefficient (Wildman–Crippen LogP) is -0.0830. The molecular weight excluding hydrogens is 120 g/mol. The predicted molar refractivity (Wildman–Crippen MR) is 32.0 cm³/mol. The molecule has 9 heavy (non-hydrogen) atoms. The van der Waals surface area contributed by atoms with Crippen LogP contribution in [0.2, 0.25) is 0 Å². The molecule has 0 aliphatic carbocycles. The van der Waals surface area contributed by atoms with Crippen LogP contribution in [0.25, 0.3) is 0 Å². The van der Waals surface area contributed by atoms with Gasteiger partial charge in [0, 0.05) is 12.8 Å². The van der Waals surface area contributed by atoms with E-state index in [-0.39, 0.29) is 24.4 Å². The molecule has 0 aromatic carbocycles. The highest BCUT2D eigenvalue weighted by Gasteiger charge is 2.00. The van der Waals surface area contributed by atoms with Gasteiger partial charge in [0.1, 0.15) is 12.4 Å². The van der Waals surface area contributed by atoms with Gasteiger partial charge in [-0.2, -0.15) is 0 Å². The van der Waals surface area contributed by atoms with E-state index in [4.69, 9.17) is 5.11 Å². The summed E-state index contributed by atoms with van der Waals surface area (Å²) in [6, 6.07) is 0. The van der Waals surface area contributed by atoms with Crippen molar-refractivity contribution in [3.05, 3.63) is 0 Å². The van der Waals surface area contributed by atoms with Gasteiger partial charge in [0.15, 0.2) is 5.78 Å². The molecule has 0 rings (SSSR count). The van der Waals surface area contributed by atoms with Crippen molar-refractivity contribution in [2.24, 2.45) is 0 Å². The van der Waals surface area contributed by atoms with E-state index >= 15 is 0 Å². The average Bonchev–Trinajstić information content (AvgIpc) is 1.83. The second-order valence-electron chi connectivity index (χ2n) is 1.90. The normalized spacial score (nSPS) is 9.11. The van der Waals surface area contributed by atoms with Gasteiger partial charge in [0.05, 0.1) is 0 Å². The van der Waals surface area contributed by atoms with Crippen molar-refractivity contribution in [3.63, 3.8) is 0 Å². The minimum Gasteiger partial charge on any atom is -0.389 e. The largest absolute Gasteiger partial charge is 0.389 e. The standard InChI is InChI=1S/C6H10O3/c1-5(8)2-3-6(9)4-7/h7H,2-4H2,1H3. The van der Waals surface area contributed by atoms with Crippen LogP contribution >= 0.6 is 0 Å². The van der Waals surface area contributed by atoms with Crippen molar-refractivity contribution in [1.82, 2.24) is 0 Å². The number of aliphatic hydroxyl groups excluding tert-OH is 1. The van der Waals surface area contributed by atoms with Crippen molar-refractivity contribution in [2.75, 3.05) is 6.61 Å². The Morgan fingerprint density at radius 2 is 1.89 bits per heavy atom. The molecule has 0 aliphatic heterocycles. The molecule has 3 heteroatoms. The minimum atomic E-state index is -0.451. The molecule has 0 aromatic heterocycles. The van der Waals surface area contributed by atoms with Gasteiger partial charge in [-0.05, 0) is 6.92 Å². The van der Waals surface area contributed by atoms with Gasteiger partial charge in [-0.1, -0.05) is 0 Å². The highest BCUT2D eigenvalue weighted by molar-refractivity contribution is 5.85. The van der Waals surface area contributed by atoms with Crippen molar-refractivity contribution in [1.29, 1.82) is 0 Å². The number of aliphatic hydroxyl groups is 1. The SMILES string of the molecule is CC(=O)CCC(=O)CO. The summed E-state index contributed by atoms with van der Waals surface area (Å²) in [4.78, 5) is 20.5. The lowest BCUT2D eigenvalue weighted by atomic mass is 10.2. The lowest BCUT2D eigenvalue weighted by Crippen LogP contribution is -2.05. The van der Waals surface area contributed by atoms with Crippen molar-refractivity contribution in [3.8, 4) is 0 Å². The molecule has 0 amide bonds. The van der Waals surface area contributed by atoms with E-state index < -0.39 is 6.61 Å². The number of Topliss-reactive ketones (excluding diaryl/α,β-unsaturated/α-hetero) is 2. The maximum absolute atomic E-state index is 10.3. The van der Waals surface area contributed by atoms with Crippen molar-refractivity contribution >= 4 is 11.6 Å². The van der Waals surface area contributed by atoms with E-state index in [9.17, 15) is 9.59 Å². The molecule has 52 valence electrons. The van der Waals surface area contributed by atoms with Gasteiger partial charge in [-0.3, -0.25) is 4.79 Å². The fraction of sp³-hybridized carbons (Fsp3) is 0.667. The summed E-state index contributed by atoms with van der Waals surface area (Å²) in [6.07, 6.45) is 0.422. The lowest BCUT2D eigenvalue weighted by molar-refractivity contribution is -0.125. The molecule has 0 atom stereocenters. The smallest absolute Gasteiger partial charge is 0.158 e. The monoisotopic (exact) mass is 130 g/mol. The van der Waals surface area contributed by atoms with E-state index in [1.807, 2.05) is 0 Å². The lowest BCUT2D eigenvalue weighted by Gasteiger charge is -1.90. The second kappa shape index (κ2) is 4.21. The third-order valence-corrected chi connectivity index (χ3v) is 0.932. The average molecular weight is 130 g/mol. The first-order valence-corrected chi connectivity index (χ1v) is 2.79. The van der Waals surface area contributed by atoms with Gasteiger partial charge in [0.2, 0.25) is 0 Å². The number of rotatable bonds is 4. The van der Waals surface area contributed by atoms with Gasteiger partial charge in [-0.15, -0.1) is 0 Å². The molecule has 1 N–H and O–H groups in total. The minimum absolute atomic E-state index is 0.0169. The summed E-state index contributed by atoms with van der Waals surface area (Å²) < 4.78 is 0. The number of carbonyl (C=O) groups excluding carboxylic acids is 2. The molecule has 0 heterocycles. The second-order valence-corrected chi connectivity index (χ2v) is 1.90. The van der Waals surface area contributed by atoms with Crippen LogP contribution in [0.15, 0.2) is 0 Å². The Hall–Kier alpha value is -0.700. The maximum atomic E-state index is 10.3. The van der Waals surface area contributed by atoms with E-state index in [1.54, 1.807) is 0 Å². The van der Waals surface area contributed by atoms with Gasteiger partial charge in [-0.25, -0.2) is 0 Å². The Bertz CT molecular complexity index is 117. The van der Waals surface area contributed by atoms with Crippen LogP contribution in [-0.4, -0.2) is 23.3 Å². The van der Waals surface area contributed by atoms with Crippen LogP contribution < -0.4 is 0 Å². The van der Waals surface area contributed by atoms with Gasteiger partial charge in [0.25, 0.3) is 0 Å². The van der Waals surface area contributed by atoms with Gasteiger partial charge >= 0.3 is 0 Å². The number of hydrogen-bond donors (Lipinski definition) is 1. The zero-order valence-corrected chi connectivity index (χ0v) is 5.39. The number of hydrogen-bond acceptors (Lipinski definition) is 3. The van der Waals surface area contributed by atoms with Crippen LogP contribution in [0.5, 0.6) is 0 Å². The first kappa shape index (κ1) is 8.30. The maximum Gasteiger partial charge on any atom is 0.158 e. The summed E-state index contributed by atoms with van der Waals surface area (Å²) in [6.45, 7) is 0.970. The summed E-state index contributed by atoms with van der Waals surface area (Å²) in [5.41, 5.74) is 0. The molecule has 0 spiro atoms. The van der Waals surface area contributed by atoms with Gasteiger partial charge < -0.3 is 9.90 Å². The molecule has 0 radical (unpaired) electrons. The first-order valence-electron chi connectivity index (χ1n) is 2.79. The Morgan fingerprint density at radius 3 is 2.22 bits per heavy atom. The molecule has 0 bridgehead atoms. The highest BCUT2D eigenvalue weighted by Crippen LogP contribution is 1.90. The molecule has 0 unspecified atom stereocenters. The zero-order chi connectivity index (χ0) is 7.28. The first-order chi connectivity index (χ1) is 4.16. The molecular formula is C6H10O3. The Labute approximate surface area is 53.7 Å². The van der Waals surface area contributed by atoms with Crippen LogP contribution in [0.4, 0.5) is 0 Å². The summed E-state index contributed by atoms with van der Waals surface area (Å²) >= 11 is 0. The van der Waals surface area contributed by atoms with Crippen LogP contribution in [0.3, 0.4) is 0 Å². The fourth-order valence-electron chi connectivity index (χ4n) is 0.395. The Balaban J connectivity index is 3.28. The van der Waals surface area contributed by atoms with E-state index in [0.717, 1.165) is 0 Å². The quantitative estimate of drug-likeness (QED) is 0.579. The molecule has 0 aromatic rings. The van der Waals surface area contributed by atoms with E-state index in [1.165, 1.54) is 6.92 Å². The van der Waals surface area contributed by atoms with Crippen LogP contribution in [0, 0.1) is 0 Å². The summed E-state index contributed by atoms with van der Waals surface area (Å²) in [5.74, 6) is -0.290. The molecule has 3 nitrogen and oxygen atoms in total. The zero-order valence-electron chi connectivity index (χ0n) is 5.39. The summed E-state index contributed by atoms with van der Waals surface area (Å²) in [5, 5.41) is 8.19. The Kier molecular flexibility index (Phi) is 3.88. The highest BCUT2D eigenvalue weighted by atomic mass is 16.3. The van der Waals surface area contributed by atoms with E-state index in [0.29, 0.717) is 0 Å². The van der Waals surface area contributed by atoms with Crippen molar-refractivity contribution < 1.29 is 14.7 Å². The molecule has 0 saturated carbocycles. The molecule has 0 aliphatic rings. The fourth-order valence-corrected chi connectivity index (χ4v) is 0.395. The van der Waals surface area contributed by atoms with Crippen LogP contribution in [-0.2, 0) is 9.59 Å². The third-order valence-electron chi connectivity index (χ3n) is 0.932. The molecule has 0 saturated heterocycles.